The lowest BCUT2D eigenvalue weighted by Gasteiger charge is -2.39. The molecule has 2 aliphatic heterocycles. The fourth-order valence-corrected chi connectivity index (χ4v) is 4.53. The van der Waals surface area contributed by atoms with E-state index in [4.69, 9.17) is 23.7 Å². The van der Waals surface area contributed by atoms with Crippen LogP contribution in [-0.4, -0.2) is 69.3 Å². The monoisotopic (exact) mass is 450 g/mol. The van der Waals surface area contributed by atoms with Gasteiger partial charge in [0.25, 0.3) is 0 Å². The number of thioether (sulfide) groups is 1. The minimum absolute atomic E-state index is 0.0906. The molecule has 0 saturated carbocycles. The van der Waals surface area contributed by atoms with Crippen molar-refractivity contribution in [3.8, 4) is 17.2 Å². The van der Waals surface area contributed by atoms with Gasteiger partial charge in [-0.25, -0.2) is 9.79 Å². The Bertz CT molecular complexity index is 903. The number of fused-ring (bicyclic) bond motifs is 1. The molecule has 1 atom stereocenters. The third-order valence-electron chi connectivity index (χ3n) is 4.95. The third-order valence-corrected chi connectivity index (χ3v) is 5.90. The molecule has 1 fully saturated rings. The lowest BCUT2D eigenvalue weighted by Crippen LogP contribution is -2.45. The summed E-state index contributed by atoms with van der Waals surface area (Å²) in [6.45, 7) is 2.09. The lowest BCUT2D eigenvalue weighted by atomic mass is 9.93. The third kappa shape index (κ3) is 4.49. The van der Waals surface area contributed by atoms with Crippen LogP contribution in [0, 0.1) is 0 Å². The number of hydrogen-bond donors (Lipinski definition) is 0. The van der Waals surface area contributed by atoms with Crippen molar-refractivity contribution in [2.24, 2.45) is 4.99 Å². The summed E-state index contributed by atoms with van der Waals surface area (Å²) in [6.07, 6.45) is 0.343. The number of ether oxygens (including phenoxy) is 5. The second-order valence-corrected chi connectivity index (χ2v) is 7.81. The fourth-order valence-electron chi connectivity index (χ4n) is 3.53. The van der Waals surface area contributed by atoms with E-state index >= 15 is 0 Å². The summed E-state index contributed by atoms with van der Waals surface area (Å²) < 4.78 is 26.7. The first-order valence-electron chi connectivity index (χ1n) is 9.67. The Morgan fingerprint density at radius 3 is 2.39 bits per heavy atom. The summed E-state index contributed by atoms with van der Waals surface area (Å²) in [5.41, 5.74) is 1.40. The van der Waals surface area contributed by atoms with Crippen molar-refractivity contribution in [3.63, 3.8) is 0 Å². The normalized spacial score (nSPS) is 18.4. The number of nitrogens with zero attached hydrogens (tertiary/aromatic N) is 2. The highest BCUT2D eigenvalue weighted by Crippen LogP contribution is 2.45. The summed E-state index contributed by atoms with van der Waals surface area (Å²) in [5, 5.41) is 0.556. The summed E-state index contributed by atoms with van der Waals surface area (Å²) in [5.74, 6) is 1.22. The largest absolute Gasteiger partial charge is 0.493 e. The molecule has 2 heterocycles. The van der Waals surface area contributed by atoms with Crippen LogP contribution < -0.4 is 14.2 Å². The van der Waals surface area contributed by atoms with Gasteiger partial charge in [-0.3, -0.25) is 9.69 Å². The van der Waals surface area contributed by atoms with Gasteiger partial charge in [0, 0.05) is 19.3 Å². The first-order valence-corrected chi connectivity index (χ1v) is 10.7. The molecule has 0 aliphatic carbocycles. The highest BCUT2D eigenvalue weighted by atomic mass is 32.2. The average molecular weight is 451 g/mol. The van der Waals surface area contributed by atoms with Crippen LogP contribution in [-0.2, 0) is 19.1 Å². The molecule has 1 aromatic carbocycles. The zero-order valence-corrected chi connectivity index (χ0v) is 19.0. The molecule has 0 bridgehead atoms. The Kier molecular flexibility index (Phi) is 7.45. The van der Waals surface area contributed by atoms with Crippen molar-refractivity contribution in [3.05, 3.63) is 29.0 Å². The molecule has 1 saturated heterocycles. The molecule has 0 spiro atoms. The van der Waals surface area contributed by atoms with Crippen LogP contribution in [0.5, 0.6) is 17.2 Å². The zero-order valence-electron chi connectivity index (χ0n) is 18.2. The molecule has 0 N–H and O–H groups in total. The Morgan fingerprint density at radius 1 is 1.13 bits per heavy atom. The minimum Gasteiger partial charge on any atom is -0.493 e. The van der Waals surface area contributed by atoms with E-state index < -0.39 is 12.0 Å². The van der Waals surface area contributed by atoms with Gasteiger partial charge in [0.1, 0.15) is 6.61 Å². The number of carbonyl (C=O) groups excluding carboxylic acids is 2. The molecular formula is C21H26N2O7S. The molecule has 0 aromatic heterocycles. The standard InChI is InChI=1S/C21H26N2O7S/c1-12-17(20(25)30-8-7-26-2)18(23-16(24)6-9-31-21(23)22-12)13-10-14(27-3)19(29-5)15(11-13)28-4/h10-11,18H,6-9H2,1-5H3/t18-/m1/s1. The number of aliphatic imine (C=N–C) groups is 1. The van der Waals surface area contributed by atoms with Gasteiger partial charge in [0.15, 0.2) is 16.7 Å². The van der Waals surface area contributed by atoms with Crippen molar-refractivity contribution in [2.75, 3.05) is 47.4 Å². The first-order chi connectivity index (χ1) is 15.0. The smallest absolute Gasteiger partial charge is 0.338 e. The fraction of sp³-hybridized carbons (Fsp3) is 0.476. The highest BCUT2D eigenvalue weighted by Gasteiger charge is 2.42. The number of rotatable bonds is 8. The quantitative estimate of drug-likeness (QED) is 0.440. The van der Waals surface area contributed by atoms with Crippen molar-refractivity contribution < 1.29 is 33.3 Å². The molecule has 10 heteroatoms. The SMILES string of the molecule is COCCOC(=O)C1=C(C)N=C2SCCC(=O)N2[C@@H]1c1cc(OC)c(OC)c(OC)c1. The van der Waals surface area contributed by atoms with Gasteiger partial charge in [-0.1, -0.05) is 11.8 Å². The second kappa shape index (κ2) is 10.1. The summed E-state index contributed by atoms with van der Waals surface area (Å²) in [6, 6.07) is 2.73. The molecule has 9 nitrogen and oxygen atoms in total. The van der Waals surface area contributed by atoms with E-state index in [2.05, 4.69) is 4.99 Å². The molecular weight excluding hydrogens is 424 g/mol. The molecule has 1 aromatic rings. The number of amides is 1. The Morgan fingerprint density at radius 2 is 1.81 bits per heavy atom. The summed E-state index contributed by atoms with van der Waals surface area (Å²) >= 11 is 1.48. The van der Waals surface area contributed by atoms with E-state index in [1.54, 1.807) is 24.0 Å². The second-order valence-electron chi connectivity index (χ2n) is 6.75. The Balaban J connectivity index is 2.16. The molecule has 3 rings (SSSR count). The predicted octanol–water partition coefficient (Wildman–Crippen LogP) is 2.55. The Labute approximate surface area is 185 Å². The van der Waals surface area contributed by atoms with Crippen molar-refractivity contribution >= 4 is 28.8 Å². The molecule has 2 aliphatic rings. The minimum atomic E-state index is -0.739. The van der Waals surface area contributed by atoms with E-state index in [1.807, 2.05) is 0 Å². The molecule has 0 radical (unpaired) electrons. The first kappa shape index (κ1) is 23.0. The molecule has 1 amide bonds. The topological polar surface area (TPSA) is 95.9 Å². The number of esters is 1. The summed E-state index contributed by atoms with van der Waals surface area (Å²) in [7, 11) is 6.06. The van der Waals surface area contributed by atoms with Gasteiger partial charge in [0.05, 0.1) is 45.2 Å². The molecule has 0 unspecified atom stereocenters. The van der Waals surface area contributed by atoms with Crippen LogP contribution in [0.2, 0.25) is 0 Å². The van der Waals surface area contributed by atoms with Crippen molar-refractivity contribution in [1.29, 1.82) is 0 Å². The van der Waals surface area contributed by atoms with Gasteiger partial charge in [-0.2, -0.15) is 0 Å². The zero-order chi connectivity index (χ0) is 22.5. The maximum Gasteiger partial charge on any atom is 0.338 e. The number of methoxy groups -OCH3 is 4. The van der Waals surface area contributed by atoms with E-state index in [0.717, 1.165) is 0 Å². The van der Waals surface area contributed by atoms with Gasteiger partial charge in [-0.05, 0) is 24.6 Å². The maximum atomic E-state index is 13.0. The van der Waals surface area contributed by atoms with Crippen LogP contribution in [0.3, 0.4) is 0 Å². The van der Waals surface area contributed by atoms with Crippen LogP contribution in [0.1, 0.15) is 24.9 Å². The number of benzene rings is 1. The van der Waals surface area contributed by atoms with Gasteiger partial charge in [0.2, 0.25) is 11.7 Å². The van der Waals surface area contributed by atoms with Crippen LogP contribution in [0.15, 0.2) is 28.4 Å². The average Bonchev–Trinajstić information content (AvgIpc) is 2.77. The van der Waals surface area contributed by atoms with Gasteiger partial charge >= 0.3 is 5.97 Å². The molecule has 168 valence electrons. The number of allylic oxidation sites excluding steroid dienone is 1. The maximum absolute atomic E-state index is 13.0. The van der Waals surface area contributed by atoms with Gasteiger partial charge < -0.3 is 23.7 Å². The van der Waals surface area contributed by atoms with Crippen LogP contribution in [0.4, 0.5) is 0 Å². The lowest BCUT2D eigenvalue weighted by molar-refractivity contribution is -0.141. The predicted molar refractivity (Wildman–Crippen MR) is 116 cm³/mol. The molecule has 31 heavy (non-hydrogen) atoms. The van der Waals surface area contributed by atoms with Crippen LogP contribution in [0.25, 0.3) is 0 Å². The Hall–Kier alpha value is -2.72. The van der Waals surface area contributed by atoms with Gasteiger partial charge in [-0.15, -0.1) is 0 Å². The van der Waals surface area contributed by atoms with E-state index in [1.165, 1.54) is 40.2 Å². The highest BCUT2D eigenvalue weighted by molar-refractivity contribution is 8.14. The van der Waals surface area contributed by atoms with E-state index in [9.17, 15) is 9.59 Å². The number of amidine groups is 1. The van der Waals surface area contributed by atoms with E-state index in [-0.39, 0.29) is 24.7 Å². The van der Waals surface area contributed by atoms with Crippen LogP contribution >= 0.6 is 11.8 Å². The van der Waals surface area contributed by atoms with E-state index in [0.29, 0.717) is 45.9 Å². The number of carbonyl (C=O) groups is 2. The summed E-state index contributed by atoms with van der Waals surface area (Å²) in [4.78, 5) is 32.0. The van der Waals surface area contributed by atoms with Crippen molar-refractivity contribution in [1.82, 2.24) is 4.90 Å². The van der Waals surface area contributed by atoms with Crippen molar-refractivity contribution in [2.45, 2.75) is 19.4 Å². The number of hydrogen-bond acceptors (Lipinski definition) is 9.